The van der Waals surface area contributed by atoms with Crippen LogP contribution in [0.15, 0.2) is 79.0 Å². The molecular weight excluding hydrogens is 759 g/mol. The largest absolute Gasteiger partial charge is 0.507 e. The summed E-state index contributed by atoms with van der Waals surface area (Å²) in [5.41, 5.74) is 13.0. The van der Waals surface area contributed by atoms with Crippen LogP contribution in [0.25, 0.3) is 22.2 Å². The number of fused-ring (bicyclic) bond motifs is 1. The number of urea groups is 1. The van der Waals surface area contributed by atoms with Crippen molar-refractivity contribution < 1.29 is 24.2 Å². The number of morpholine rings is 1. The number of phenols is 1. The van der Waals surface area contributed by atoms with Crippen molar-refractivity contribution in [2.45, 2.75) is 64.2 Å². The Kier molecular flexibility index (Phi) is 10.9. The van der Waals surface area contributed by atoms with Crippen LogP contribution in [-0.4, -0.2) is 106 Å². The van der Waals surface area contributed by atoms with Crippen LogP contribution in [0, 0.1) is 12.8 Å². The monoisotopic (exact) mass is 811 g/mol. The zero-order valence-corrected chi connectivity index (χ0v) is 34.3. The van der Waals surface area contributed by atoms with Crippen molar-refractivity contribution in [1.82, 2.24) is 29.9 Å². The molecule has 2 aromatic heterocycles. The first-order valence-corrected chi connectivity index (χ1v) is 21.2. The smallest absolute Gasteiger partial charge is 0.328 e. The van der Waals surface area contributed by atoms with Gasteiger partial charge < -0.3 is 34.8 Å². The van der Waals surface area contributed by atoms with E-state index in [0.29, 0.717) is 60.7 Å². The molecule has 2 atom stereocenters. The highest BCUT2D eigenvalue weighted by molar-refractivity contribution is 6.06. The Morgan fingerprint density at radius 1 is 0.917 bits per heavy atom. The number of anilines is 3. The highest BCUT2D eigenvalue weighted by Gasteiger charge is 2.32. The molecule has 4 aliphatic heterocycles. The van der Waals surface area contributed by atoms with Gasteiger partial charge in [0.25, 0.3) is 5.91 Å². The van der Waals surface area contributed by atoms with Crippen LogP contribution in [0.5, 0.6) is 5.75 Å². The number of nitrogen functional groups attached to an aromatic ring is 1. The number of hydrogen-bond acceptors (Lipinski definition) is 10. The molecule has 0 saturated carbocycles. The van der Waals surface area contributed by atoms with Gasteiger partial charge in [0.1, 0.15) is 11.9 Å². The van der Waals surface area contributed by atoms with Gasteiger partial charge in [0.05, 0.1) is 17.5 Å². The standard InChI is InChI=1S/C46H53N9O5/c1-29-23-33(7-9-36(29)42-28-53(26-30(2)60-42)40-25-38(49-50-44(40)47)37-5-3-4-6-41(37)56)45(58)52-19-11-31(12-20-52)27-51-17-14-34(15-18-51)54-21-13-32-24-35(8-10-39(32)54)55-22-16-43(57)48-46(55)59/h3-10,13,21,23-25,30-31,34,42,56H,11-12,14-20,22,26-28H2,1-2H3,(H2,47,50)(H,48,57,59)/t30-,42-/m0/s1. The maximum atomic E-state index is 13.8. The summed E-state index contributed by atoms with van der Waals surface area (Å²) < 4.78 is 8.85. The van der Waals surface area contributed by atoms with Crippen molar-refractivity contribution in [2.24, 2.45) is 5.92 Å². The summed E-state index contributed by atoms with van der Waals surface area (Å²) in [6.45, 7) is 10.3. The van der Waals surface area contributed by atoms with E-state index in [1.807, 2.05) is 61.2 Å². The molecule has 9 rings (SSSR count). The topological polar surface area (TPSA) is 162 Å². The second-order valence-electron chi connectivity index (χ2n) is 16.9. The molecule has 4 N–H and O–H groups in total. The van der Waals surface area contributed by atoms with Crippen LogP contribution in [-0.2, 0) is 9.53 Å². The van der Waals surface area contributed by atoms with E-state index in [1.54, 1.807) is 23.1 Å². The predicted molar refractivity (Wildman–Crippen MR) is 231 cm³/mol. The number of aromatic hydroxyl groups is 1. The lowest BCUT2D eigenvalue weighted by Gasteiger charge is -2.39. The quantitative estimate of drug-likeness (QED) is 0.162. The summed E-state index contributed by atoms with van der Waals surface area (Å²) in [6.07, 6.45) is 6.31. The minimum atomic E-state index is -0.362. The minimum Gasteiger partial charge on any atom is -0.507 e. The Labute approximate surface area is 349 Å². The number of ether oxygens (including phenoxy) is 1. The van der Waals surface area contributed by atoms with Crippen LogP contribution in [0.4, 0.5) is 22.0 Å². The fourth-order valence-electron chi connectivity index (χ4n) is 9.65. The van der Waals surface area contributed by atoms with Gasteiger partial charge in [-0.25, -0.2) is 4.79 Å². The molecule has 4 amide bonds. The molecule has 0 spiro atoms. The van der Waals surface area contributed by atoms with Gasteiger partial charge in [-0.05, 0) is 111 Å². The number of hydrogen-bond donors (Lipinski definition) is 3. The molecule has 0 aliphatic carbocycles. The fraction of sp³-hybridized carbons (Fsp3) is 0.413. The first-order valence-electron chi connectivity index (χ1n) is 21.2. The number of nitrogens with one attached hydrogen (secondary N) is 1. The van der Waals surface area contributed by atoms with Crippen molar-refractivity contribution in [2.75, 3.05) is 67.9 Å². The maximum absolute atomic E-state index is 13.8. The Bertz CT molecular complexity index is 2420. The Morgan fingerprint density at radius 2 is 1.72 bits per heavy atom. The summed E-state index contributed by atoms with van der Waals surface area (Å²) >= 11 is 0. The van der Waals surface area contributed by atoms with Crippen molar-refractivity contribution in [3.05, 3.63) is 95.7 Å². The summed E-state index contributed by atoms with van der Waals surface area (Å²) in [4.78, 5) is 46.2. The molecule has 4 fully saturated rings. The number of likely N-dealkylation sites (tertiary alicyclic amines) is 2. The van der Waals surface area contributed by atoms with Gasteiger partial charge >= 0.3 is 6.03 Å². The third-order valence-corrected chi connectivity index (χ3v) is 12.9. The SMILES string of the molecule is Cc1cc(C(=O)N2CCC(CN3CCC(n4ccc5cc(N6CCC(=O)NC6=O)ccc54)CC3)CC2)ccc1[C@@H]1CN(c2cc(-c3ccccc3O)nnc2N)C[C@H](C)O1. The maximum Gasteiger partial charge on any atom is 0.328 e. The van der Waals surface area contributed by atoms with Gasteiger partial charge in [-0.3, -0.25) is 19.8 Å². The molecule has 6 heterocycles. The highest BCUT2D eigenvalue weighted by Crippen LogP contribution is 2.36. The van der Waals surface area contributed by atoms with Crippen LogP contribution >= 0.6 is 0 Å². The Balaban J connectivity index is 0.769. The van der Waals surface area contributed by atoms with Gasteiger partial charge in [-0.1, -0.05) is 18.2 Å². The number of phenolic OH excluding ortho intramolecular Hbond substituents is 1. The van der Waals surface area contributed by atoms with Gasteiger partial charge in [0.15, 0.2) is 5.82 Å². The summed E-state index contributed by atoms with van der Waals surface area (Å²) in [5.74, 6) is 0.867. The molecule has 4 saturated heterocycles. The number of aryl methyl sites for hydroxylation is 1. The lowest BCUT2D eigenvalue weighted by molar-refractivity contribution is -0.120. The normalized spacial score (nSPS) is 21.1. The number of imide groups is 1. The average Bonchev–Trinajstić information content (AvgIpc) is 3.67. The number of benzene rings is 3. The van der Waals surface area contributed by atoms with E-state index in [9.17, 15) is 19.5 Å². The third-order valence-electron chi connectivity index (χ3n) is 12.9. The van der Waals surface area contributed by atoms with Crippen molar-refractivity contribution in [1.29, 1.82) is 0 Å². The Hall–Kier alpha value is -5.99. The zero-order chi connectivity index (χ0) is 41.5. The number of para-hydroxylation sites is 1. The first kappa shape index (κ1) is 39.5. The number of piperidine rings is 2. The van der Waals surface area contributed by atoms with Gasteiger partial charge in [-0.15, -0.1) is 10.2 Å². The predicted octanol–water partition coefficient (Wildman–Crippen LogP) is 6.30. The van der Waals surface area contributed by atoms with E-state index >= 15 is 0 Å². The lowest BCUT2D eigenvalue weighted by Crippen LogP contribution is -2.49. The minimum absolute atomic E-state index is 0.0798. The van der Waals surface area contributed by atoms with E-state index in [0.717, 1.165) is 86.3 Å². The molecule has 0 unspecified atom stereocenters. The lowest BCUT2D eigenvalue weighted by atomic mass is 9.93. The fourth-order valence-corrected chi connectivity index (χ4v) is 9.65. The number of carbonyl (C=O) groups is 3. The number of amides is 4. The number of aromatic nitrogens is 3. The van der Waals surface area contributed by atoms with E-state index in [4.69, 9.17) is 10.5 Å². The molecule has 312 valence electrons. The van der Waals surface area contributed by atoms with Gasteiger partial charge in [0, 0.05) is 98.7 Å². The van der Waals surface area contributed by atoms with Crippen LogP contribution in [0.1, 0.15) is 72.7 Å². The van der Waals surface area contributed by atoms with Gasteiger partial charge in [0.2, 0.25) is 5.91 Å². The second-order valence-corrected chi connectivity index (χ2v) is 16.9. The highest BCUT2D eigenvalue weighted by atomic mass is 16.5. The van der Waals surface area contributed by atoms with E-state index in [-0.39, 0.29) is 35.8 Å². The van der Waals surface area contributed by atoms with E-state index in [1.165, 1.54) is 5.52 Å². The number of nitrogens with two attached hydrogens (primary N) is 1. The second kappa shape index (κ2) is 16.6. The molecule has 14 heteroatoms. The van der Waals surface area contributed by atoms with Crippen molar-refractivity contribution in [3.63, 3.8) is 0 Å². The van der Waals surface area contributed by atoms with Crippen LogP contribution in [0.3, 0.4) is 0 Å². The molecule has 14 nitrogen and oxygen atoms in total. The van der Waals surface area contributed by atoms with Crippen LogP contribution < -0.4 is 20.9 Å². The van der Waals surface area contributed by atoms with E-state index in [2.05, 4.69) is 48.2 Å². The molecular formula is C46H53N9O5. The number of carbonyl (C=O) groups excluding carboxylic acids is 3. The number of nitrogens with zero attached hydrogens (tertiary/aromatic N) is 7. The molecule has 4 aliphatic rings. The van der Waals surface area contributed by atoms with Crippen molar-refractivity contribution in [3.8, 4) is 17.0 Å². The molecule has 0 radical (unpaired) electrons. The van der Waals surface area contributed by atoms with Crippen molar-refractivity contribution >= 4 is 45.9 Å². The van der Waals surface area contributed by atoms with Gasteiger partial charge in [-0.2, -0.15) is 0 Å². The summed E-state index contributed by atoms with van der Waals surface area (Å²) in [6, 6.07) is 23.2. The first-order chi connectivity index (χ1) is 29.1. The molecule has 5 aromatic rings. The molecule has 60 heavy (non-hydrogen) atoms. The Morgan fingerprint density at radius 3 is 2.48 bits per heavy atom. The number of rotatable bonds is 8. The average molecular weight is 812 g/mol. The molecule has 3 aromatic carbocycles. The molecule has 0 bridgehead atoms. The zero-order valence-electron chi connectivity index (χ0n) is 34.3. The summed E-state index contributed by atoms with van der Waals surface area (Å²) in [7, 11) is 0. The summed E-state index contributed by atoms with van der Waals surface area (Å²) in [5, 5.41) is 22.4. The van der Waals surface area contributed by atoms with Crippen LogP contribution in [0.2, 0.25) is 0 Å². The third kappa shape index (κ3) is 8.01. The van der Waals surface area contributed by atoms with E-state index < -0.39 is 0 Å².